The van der Waals surface area contributed by atoms with Crippen molar-refractivity contribution in [2.24, 2.45) is 0 Å². The van der Waals surface area contributed by atoms with Crippen molar-refractivity contribution in [2.75, 3.05) is 31.1 Å². The molecule has 0 saturated carbocycles. The third-order valence-corrected chi connectivity index (χ3v) is 7.33. The second kappa shape index (κ2) is 10.7. The summed E-state index contributed by atoms with van der Waals surface area (Å²) in [5.74, 6) is -0.153. The molecule has 186 valence electrons. The average Bonchev–Trinajstić information content (AvgIpc) is 3.29. The predicted molar refractivity (Wildman–Crippen MR) is 143 cm³/mol. The van der Waals surface area contributed by atoms with Gasteiger partial charge in [0.05, 0.1) is 5.39 Å². The maximum atomic E-state index is 12.6. The van der Waals surface area contributed by atoms with Crippen molar-refractivity contribution < 1.29 is 14.0 Å². The fraction of sp³-hybridized carbons (Fsp3) is 0.321. The largest absolute Gasteiger partial charge is 0.451 e. The molecule has 2 aliphatic heterocycles. The third kappa shape index (κ3) is 5.38. The summed E-state index contributed by atoms with van der Waals surface area (Å²) in [5.41, 5.74) is 3.82. The molecule has 0 unspecified atom stereocenters. The lowest BCUT2D eigenvalue weighted by Gasteiger charge is -2.33. The minimum atomic E-state index is -0.406. The number of likely N-dealkylation sites (tertiary alicyclic amines) is 1. The molecular formula is C28H28BrN3O4. The van der Waals surface area contributed by atoms with Crippen molar-refractivity contribution in [3.05, 3.63) is 86.2 Å². The number of para-hydroxylation sites is 1. The predicted octanol–water partition coefficient (Wildman–Crippen LogP) is 4.63. The molecule has 0 atom stereocenters. The Morgan fingerprint density at radius 3 is 2.61 bits per heavy atom. The first kappa shape index (κ1) is 24.3. The van der Waals surface area contributed by atoms with Crippen LogP contribution in [0.5, 0.6) is 0 Å². The van der Waals surface area contributed by atoms with E-state index < -0.39 is 5.91 Å². The summed E-state index contributed by atoms with van der Waals surface area (Å²) in [7, 11) is 0. The molecule has 2 aromatic carbocycles. The van der Waals surface area contributed by atoms with E-state index >= 15 is 0 Å². The summed E-state index contributed by atoms with van der Waals surface area (Å²) in [6.45, 7) is 3.66. The van der Waals surface area contributed by atoms with E-state index in [0.29, 0.717) is 30.5 Å². The zero-order chi connectivity index (χ0) is 25.1. The molecule has 0 radical (unpaired) electrons. The Bertz CT molecular complexity index is 1390. The SMILES string of the molecule is O=C(NCC=C1CCN(c2ccccc2CN2CCCC2=O)CC1)c1cc(=O)c2cc(Br)ccc2o1. The van der Waals surface area contributed by atoms with Crippen molar-refractivity contribution in [3.63, 3.8) is 0 Å². The number of hydrogen-bond donors (Lipinski definition) is 1. The number of carbonyl (C=O) groups is 2. The molecule has 36 heavy (non-hydrogen) atoms. The number of hydrogen-bond acceptors (Lipinski definition) is 5. The number of carbonyl (C=O) groups excluding carboxylic acids is 2. The maximum absolute atomic E-state index is 12.6. The maximum Gasteiger partial charge on any atom is 0.287 e. The number of rotatable bonds is 6. The van der Waals surface area contributed by atoms with Crippen molar-refractivity contribution in [2.45, 2.75) is 32.2 Å². The molecule has 3 aromatic rings. The van der Waals surface area contributed by atoms with Crippen LogP contribution >= 0.6 is 15.9 Å². The minimum Gasteiger partial charge on any atom is -0.451 e. The van der Waals surface area contributed by atoms with Crippen molar-refractivity contribution >= 4 is 44.4 Å². The summed E-state index contributed by atoms with van der Waals surface area (Å²) < 4.78 is 6.43. The smallest absolute Gasteiger partial charge is 0.287 e. The molecule has 0 aliphatic carbocycles. The van der Waals surface area contributed by atoms with Gasteiger partial charge in [0.2, 0.25) is 5.91 Å². The number of halogens is 1. The Balaban J connectivity index is 1.17. The second-order valence-corrected chi connectivity index (χ2v) is 10.1. The van der Waals surface area contributed by atoms with E-state index in [9.17, 15) is 14.4 Å². The van der Waals surface area contributed by atoms with E-state index in [2.05, 4.69) is 50.4 Å². The van der Waals surface area contributed by atoms with Gasteiger partial charge in [-0.2, -0.15) is 0 Å². The first-order valence-corrected chi connectivity index (χ1v) is 13.1. The Kier molecular flexibility index (Phi) is 7.23. The standard InChI is InChI=1S/C28H28BrN3O4/c29-21-7-8-25-22(16-21)24(33)17-26(36-25)28(35)30-12-9-19-10-14-31(15-11-19)23-5-2-1-4-20(23)18-32-13-3-6-27(32)34/h1-2,4-5,7-9,16-17H,3,6,10-15,18H2,(H,30,35). The molecule has 2 amide bonds. The van der Waals surface area contributed by atoms with Crippen molar-refractivity contribution in [1.82, 2.24) is 10.2 Å². The van der Waals surface area contributed by atoms with E-state index in [-0.39, 0.29) is 17.1 Å². The summed E-state index contributed by atoms with van der Waals surface area (Å²) in [4.78, 5) is 41.4. The van der Waals surface area contributed by atoms with E-state index in [1.807, 2.05) is 11.0 Å². The number of fused-ring (bicyclic) bond motifs is 1. The van der Waals surface area contributed by atoms with Crippen LogP contribution in [-0.2, 0) is 11.3 Å². The molecule has 2 saturated heterocycles. The van der Waals surface area contributed by atoms with Gasteiger partial charge < -0.3 is 19.5 Å². The molecule has 0 bridgehead atoms. The van der Waals surface area contributed by atoms with Crippen LogP contribution in [0.1, 0.15) is 41.8 Å². The molecule has 2 aliphatic rings. The summed E-state index contributed by atoms with van der Waals surface area (Å²) in [6, 6.07) is 14.7. The average molecular weight is 550 g/mol. The number of piperidine rings is 1. The number of benzene rings is 2. The highest BCUT2D eigenvalue weighted by molar-refractivity contribution is 9.10. The lowest BCUT2D eigenvalue weighted by molar-refractivity contribution is -0.128. The van der Waals surface area contributed by atoms with Crippen LogP contribution in [-0.4, -0.2) is 42.9 Å². The first-order valence-electron chi connectivity index (χ1n) is 12.3. The van der Waals surface area contributed by atoms with E-state index in [1.165, 1.54) is 22.9 Å². The summed E-state index contributed by atoms with van der Waals surface area (Å²) in [5, 5.41) is 3.27. The lowest BCUT2D eigenvalue weighted by atomic mass is 10.0. The zero-order valence-corrected chi connectivity index (χ0v) is 21.6. The second-order valence-electron chi connectivity index (χ2n) is 9.22. The number of nitrogens with one attached hydrogen (secondary N) is 1. The lowest BCUT2D eigenvalue weighted by Crippen LogP contribution is -2.33. The van der Waals surface area contributed by atoms with Gasteiger partial charge in [-0.3, -0.25) is 14.4 Å². The van der Waals surface area contributed by atoms with Gasteiger partial charge in [-0.05, 0) is 49.1 Å². The minimum absolute atomic E-state index is 0.0103. The van der Waals surface area contributed by atoms with Gasteiger partial charge >= 0.3 is 0 Å². The number of amides is 2. The molecule has 2 fully saturated rings. The molecule has 7 nitrogen and oxygen atoms in total. The summed E-state index contributed by atoms with van der Waals surface area (Å²) >= 11 is 3.34. The highest BCUT2D eigenvalue weighted by Crippen LogP contribution is 2.28. The van der Waals surface area contributed by atoms with Gasteiger partial charge in [0, 0.05) is 55.4 Å². The molecule has 8 heteroatoms. The van der Waals surface area contributed by atoms with Crippen LogP contribution in [0.2, 0.25) is 0 Å². The van der Waals surface area contributed by atoms with Crippen LogP contribution in [0.4, 0.5) is 5.69 Å². The number of nitrogens with zero attached hydrogens (tertiary/aromatic N) is 2. The summed E-state index contributed by atoms with van der Waals surface area (Å²) in [6.07, 6.45) is 5.47. The van der Waals surface area contributed by atoms with Crippen LogP contribution in [0.15, 0.2) is 73.9 Å². The highest BCUT2D eigenvalue weighted by atomic mass is 79.9. The van der Waals surface area contributed by atoms with Gasteiger partial charge in [0.15, 0.2) is 11.2 Å². The topological polar surface area (TPSA) is 82.9 Å². The quantitative estimate of drug-likeness (QED) is 0.453. The van der Waals surface area contributed by atoms with E-state index in [4.69, 9.17) is 4.42 Å². The van der Waals surface area contributed by atoms with Gasteiger partial charge in [-0.25, -0.2) is 0 Å². The Labute approximate surface area is 217 Å². The van der Waals surface area contributed by atoms with E-state index in [0.717, 1.165) is 43.4 Å². The van der Waals surface area contributed by atoms with Crippen molar-refractivity contribution in [3.8, 4) is 0 Å². The molecule has 0 spiro atoms. The fourth-order valence-corrected chi connectivity index (χ4v) is 5.25. The highest BCUT2D eigenvalue weighted by Gasteiger charge is 2.23. The Morgan fingerprint density at radius 1 is 1.03 bits per heavy atom. The van der Waals surface area contributed by atoms with Crippen LogP contribution < -0.4 is 15.6 Å². The number of anilines is 1. The van der Waals surface area contributed by atoms with Gasteiger partial charge in [0.1, 0.15) is 5.58 Å². The van der Waals surface area contributed by atoms with Crippen molar-refractivity contribution in [1.29, 1.82) is 0 Å². The zero-order valence-electron chi connectivity index (χ0n) is 20.0. The molecule has 5 rings (SSSR count). The molecular weight excluding hydrogens is 522 g/mol. The molecule has 1 N–H and O–H groups in total. The Morgan fingerprint density at radius 2 is 1.83 bits per heavy atom. The van der Waals surface area contributed by atoms with Crippen LogP contribution in [0.3, 0.4) is 0 Å². The van der Waals surface area contributed by atoms with E-state index in [1.54, 1.807) is 18.2 Å². The monoisotopic (exact) mass is 549 g/mol. The normalized spacial score (nSPS) is 16.0. The van der Waals surface area contributed by atoms with Crippen LogP contribution in [0.25, 0.3) is 11.0 Å². The van der Waals surface area contributed by atoms with Crippen LogP contribution in [0, 0.1) is 0 Å². The first-order chi connectivity index (χ1) is 17.5. The molecule has 1 aromatic heterocycles. The Hall–Kier alpha value is -3.39. The van der Waals surface area contributed by atoms with Gasteiger partial charge in [-0.1, -0.05) is 45.8 Å². The van der Waals surface area contributed by atoms with Gasteiger partial charge in [0.25, 0.3) is 5.91 Å². The molecule has 3 heterocycles. The van der Waals surface area contributed by atoms with Gasteiger partial charge in [-0.15, -0.1) is 0 Å². The third-order valence-electron chi connectivity index (χ3n) is 6.84. The fourth-order valence-electron chi connectivity index (χ4n) is 4.88.